The number of ether oxygens (including phenoxy) is 1. The number of urea groups is 1. The topological polar surface area (TPSA) is 99.2 Å². The molecular formula is C10H17N3O5. The van der Waals surface area contributed by atoms with Crippen LogP contribution in [0.3, 0.4) is 0 Å². The molecule has 0 spiro atoms. The van der Waals surface area contributed by atoms with E-state index in [2.05, 4.69) is 5.32 Å². The number of hydrogen-bond donors (Lipinski definition) is 2. The highest BCUT2D eigenvalue weighted by Crippen LogP contribution is 2.06. The van der Waals surface area contributed by atoms with Gasteiger partial charge in [0.2, 0.25) is 5.91 Å². The average Bonchev–Trinajstić information content (AvgIpc) is 2.55. The molecule has 1 unspecified atom stereocenters. The summed E-state index contributed by atoms with van der Waals surface area (Å²) in [4.78, 5) is 36.6. The highest BCUT2D eigenvalue weighted by atomic mass is 16.5. The molecule has 2 N–H and O–H groups in total. The number of methoxy groups -OCH3 is 1. The lowest BCUT2D eigenvalue weighted by Gasteiger charge is -2.18. The second-order valence-electron chi connectivity index (χ2n) is 4.02. The van der Waals surface area contributed by atoms with Crippen LogP contribution >= 0.6 is 0 Å². The number of nitrogens with zero attached hydrogens (tertiary/aromatic N) is 2. The fraction of sp³-hybridized carbons (Fsp3) is 0.700. The Labute approximate surface area is 104 Å². The Morgan fingerprint density at radius 2 is 2.22 bits per heavy atom. The highest BCUT2D eigenvalue weighted by Gasteiger charge is 2.34. The number of imide groups is 1. The lowest BCUT2D eigenvalue weighted by molar-refractivity contribution is -0.131. The lowest BCUT2D eigenvalue weighted by atomic mass is 10.3. The molecule has 0 bridgehead atoms. The molecule has 1 atom stereocenters. The minimum absolute atomic E-state index is 0.0202. The summed E-state index contributed by atoms with van der Waals surface area (Å²) in [5.74, 6) is -0.923. The van der Waals surface area contributed by atoms with Crippen molar-refractivity contribution in [1.29, 1.82) is 0 Å². The quantitative estimate of drug-likeness (QED) is 0.538. The number of carbonyl (C=O) groups excluding carboxylic acids is 3. The fourth-order valence-corrected chi connectivity index (χ4v) is 1.58. The molecule has 18 heavy (non-hydrogen) atoms. The molecule has 8 heteroatoms. The molecule has 0 aromatic carbocycles. The van der Waals surface area contributed by atoms with Gasteiger partial charge in [0, 0.05) is 14.2 Å². The van der Waals surface area contributed by atoms with Gasteiger partial charge in [-0.2, -0.15) is 0 Å². The smallest absolute Gasteiger partial charge is 0.327 e. The van der Waals surface area contributed by atoms with Crippen LogP contribution in [0.1, 0.15) is 0 Å². The van der Waals surface area contributed by atoms with Gasteiger partial charge in [0.25, 0.3) is 5.91 Å². The zero-order valence-electron chi connectivity index (χ0n) is 10.4. The molecule has 0 aromatic heterocycles. The molecule has 8 nitrogen and oxygen atoms in total. The molecule has 0 aliphatic carbocycles. The Kier molecular flexibility index (Phi) is 5.05. The molecule has 1 aliphatic heterocycles. The lowest BCUT2D eigenvalue weighted by Crippen LogP contribution is -2.47. The summed E-state index contributed by atoms with van der Waals surface area (Å²) in [7, 11) is 2.93. The first kappa shape index (κ1) is 14.4. The van der Waals surface area contributed by atoms with E-state index in [1.165, 1.54) is 19.1 Å². The summed E-state index contributed by atoms with van der Waals surface area (Å²) in [5.41, 5.74) is 0. The number of aliphatic hydroxyl groups is 1. The second-order valence-corrected chi connectivity index (χ2v) is 4.02. The van der Waals surface area contributed by atoms with Gasteiger partial charge < -0.3 is 20.1 Å². The summed E-state index contributed by atoms with van der Waals surface area (Å²) in [6.07, 6.45) is 0. The number of nitrogens with one attached hydrogen (secondary N) is 1. The van der Waals surface area contributed by atoms with Crippen LogP contribution in [-0.2, 0) is 14.3 Å². The van der Waals surface area contributed by atoms with Crippen LogP contribution in [0.2, 0.25) is 0 Å². The van der Waals surface area contributed by atoms with E-state index in [4.69, 9.17) is 9.84 Å². The summed E-state index contributed by atoms with van der Waals surface area (Å²) >= 11 is 0. The van der Waals surface area contributed by atoms with Crippen LogP contribution in [0.5, 0.6) is 0 Å². The SMILES string of the molecule is COCC(CO)NC(=O)CN1C(=O)CN(C)C1=O. The van der Waals surface area contributed by atoms with Crippen LogP contribution in [0.4, 0.5) is 4.79 Å². The van der Waals surface area contributed by atoms with Crippen molar-refractivity contribution in [2.45, 2.75) is 6.04 Å². The summed E-state index contributed by atoms with van der Waals surface area (Å²) in [6.45, 7) is -0.485. The first-order chi connectivity index (χ1) is 8.49. The van der Waals surface area contributed by atoms with E-state index in [0.29, 0.717) is 0 Å². The third-order valence-corrected chi connectivity index (χ3v) is 2.49. The van der Waals surface area contributed by atoms with Crippen LogP contribution in [0, 0.1) is 0 Å². The Balaban J connectivity index is 2.49. The molecule has 1 aliphatic rings. The maximum atomic E-state index is 11.6. The Morgan fingerprint density at radius 3 is 2.67 bits per heavy atom. The van der Waals surface area contributed by atoms with E-state index in [1.54, 1.807) is 0 Å². The van der Waals surface area contributed by atoms with E-state index in [9.17, 15) is 14.4 Å². The minimum atomic E-state index is -0.548. The molecule has 1 saturated heterocycles. The van der Waals surface area contributed by atoms with Gasteiger partial charge in [-0.15, -0.1) is 0 Å². The molecule has 102 valence electrons. The van der Waals surface area contributed by atoms with E-state index in [0.717, 1.165) is 4.90 Å². The van der Waals surface area contributed by atoms with Gasteiger partial charge in [-0.25, -0.2) is 4.79 Å². The standard InChI is InChI=1S/C10H17N3O5/c1-12-4-9(16)13(10(12)17)3-8(15)11-7(5-14)6-18-2/h7,14H,3-6H2,1-2H3,(H,11,15). The van der Waals surface area contributed by atoms with Gasteiger partial charge in [0.15, 0.2) is 0 Å². The van der Waals surface area contributed by atoms with Gasteiger partial charge in [0.05, 0.1) is 19.3 Å². The maximum absolute atomic E-state index is 11.6. The van der Waals surface area contributed by atoms with E-state index in [1.807, 2.05) is 0 Å². The molecule has 1 fully saturated rings. The van der Waals surface area contributed by atoms with E-state index < -0.39 is 23.9 Å². The van der Waals surface area contributed by atoms with Crippen LogP contribution in [0.15, 0.2) is 0 Å². The number of rotatable bonds is 6. The first-order valence-corrected chi connectivity index (χ1v) is 5.44. The van der Waals surface area contributed by atoms with E-state index >= 15 is 0 Å². The normalized spacial score (nSPS) is 17.3. The molecule has 0 aromatic rings. The van der Waals surface area contributed by atoms with Crippen LogP contribution in [-0.4, -0.2) is 79.3 Å². The molecule has 1 heterocycles. The number of amides is 4. The molecule has 4 amide bonds. The van der Waals surface area contributed by atoms with Gasteiger partial charge in [-0.1, -0.05) is 0 Å². The van der Waals surface area contributed by atoms with Gasteiger partial charge >= 0.3 is 6.03 Å². The number of hydrogen-bond acceptors (Lipinski definition) is 5. The predicted molar refractivity (Wildman–Crippen MR) is 60.6 cm³/mol. The molecular weight excluding hydrogens is 242 g/mol. The van der Waals surface area contributed by atoms with Crippen molar-refractivity contribution >= 4 is 17.8 Å². The minimum Gasteiger partial charge on any atom is -0.394 e. The maximum Gasteiger partial charge on any atom is 0.327 e. The van der Waals surface area contributed by atoms with Crippen molar-refractivity contribution in [2.75, 3.05) is 40.5 Å². The number of carbonyl (C=O) groups is 3. The van der Waals surface area contributed by atoms with Gasteiger partial charge in [-0.3, -0.25) is 14.5 Å². The van der Waals surface area contributed by atoms with Crippen molar-refractivity contribution in [3.63, 3.8) is 0 Å². The molecule has 1 rings (SSSR count). The zero-order chi connectivity index (χ0) is 13.7. The average molecular weight is 259 g/mol. The van der Waals surface area contributed by atoms with Gasteiger partial charge in [0.1, 0.15) is 13.1 Å². The Hall–Kier alpha value is -1.67. The molecule has 0 radical (unpaired) electrons. The fourth-order valence-electron chi connectivity index (χ4n) is 1.58. The summed E-state index contributed by atoms with van der Waals surface area (Å²) < 4.78 is 4.79. The van der Waals surface area contributed by atoms with Crippen molar-refractivity contribution < 1.29 is 24.2 Å². The largest absolute Gasteiger partial charge is 0.394 e. The summed E-state index contributed by atoms with van der Waals surface area (Å²) in [5, 5.41) is 11.4. The van der Waals surface area contributed by atoms with Crippen LogP contribution < -0.4 is 5.32 Å². The van der Waals surface area contributed by atoms with Crippen molar-refractivity contribution in [3.05, 3.63) is 0 Å². The highest BCUT2D eigenvalue weighted by molar-refractivity contribution is 6.04. The number of likely N-dealkylation sites (N-methyl/N-ethyl adjacent to an activating group) is 1. The Morgan fingerprint density at radius 1 is 1.56 bits per heavy atom. The third kappa shape index (κ3) is 3.41. The first-order valence-electron chi connectivity index (χ1n) is 5.44. The van der Waals surface area contributed by atoms with Crippen LogP contribution in [0.25, 0.3) is 0 Å². The third-order valence-electron chi connectivity index (χ3n) is 2.49. The Bertz CT molecular complexity index is 346. The number of aliphatic hydroxyl groups excluding tert-OH is 1. The predicted octanol–water partition coefficient (Wildman–Crippen LogP) is -2.00. The monoisotopic (exact) mass is 259 g/mol. The van der Waals surface area contributed by atoms with Crippen molar-refractivity contribution in [1.82, 2.24) is 15.1 Å². The van der Waals surface area contributed by atoms with Crippen molar-refractivity contribution in [2.24, 2.45) is 0 Å². The summed E-state index contributed by atoms with van der Waals surface area (Å²) in [6, 6.07) is -1.05. The zero-order valence-corrected chi connectivity index (χ0v) is 10.4. The van der Waals surface area contributed by atoms with Gasteiger partial charge in [-0.05, 0) is 0 Å². The second kappa shape index (κ2) is 6.31. The van der Waals surface area contributed by atoms with E-state index in [-0.39, 0.29) is 26.3 Å². The molecule has 0 saturated carbocycles. The van der Waals surface area contributed by atoms with Crippen molar-refractivity contribution in [3.8, 4) is 0 Å².